The van der Waals surface area contributed by atoms with Crippen LogP contribution in [0.4, 0.5) is 0 Å². The predicted molar refractivity (Wildman–Crippen MR) is 77.4 cm³/mol. The van der Waals surface area contributed by atoms with Crippen molar-refractivity contribution in [2.45, 2.75) is 77.6 Å². The van der Waals surface area contributed by atoms with Gasteiger partial charge in [0.2, 0.25) is 0 Å². The van der Waals surface area contributed by atoms with E-state index < -0.39 is 0 Å². The second-order valence-corrected chi connectivity index (χ2v) is 4.74. The highest BCUT2D eigenvalue weighted by Crippen LogP contribution is 2.11. The molecule has 0 fully saturated rings. The predicted octanol–water partition coefficient (Wildman–Crippen LogP) is 5.93. The van der Waals surface area contributed by atoms with Gasteiger partial charge in [0.1, 0.15) is 0 Å². The number of aliphatic hydroxyl groups is 1. The molecule has 1 nitrogen and oxygen atoms in total. The molecule has 0 amide bonds. The lowest BCUT2D eigenvalue weighted by atomic mass is 10.1. The first-order valence-corrected chi connectivity index (χ1v) is 7.37. The summed E-state index contributed by atoms with van der Waals surface area (Å²) in [4.78, 5) is 0. The van der Waals surface area contributed by atoms with E-state index in [4.69, 9.17) is 5.11 Å². The van der Waals surface area contributed by atoms with Crippen molar-refractivity contribution in [3.63, 3.8) is 0 Å². The van der Waals surface area contributed by atoms with Gasteiger partial charge in [-0.15, -0.1) is 0 Å². The Morgan fingerprint density at radius 2 is 1.24 bits per heavy atom. The molecule has 0 rings (SSSR count). The van der Waals surface area contributed by atoms with Crippen LogP contribution in [0.2, 0.25) is 0 Å². The highest BCUT2D eigenvalue weighted by molar-refractivity contribution is 4.98. The second kappa shape index (κ2) is 15.3. The van der Waals surface area contributed by atoms with Crippen LogP contribution in [-0.4, -0.2) is 5.11 Å². The fourth-order valence-electron chi connectivity index (χ4n) is 1.97. The first-order valence-electron chi connectivity index (χ1n) is 7.37. The molecule has 0 aromatic rings. The molecule has 0 aromatic carbocycles. The molecule has 0 unspecified atom stereocenters. The Bertz CT molecular complexity index is 182. The van der Waals surface area contributed by atoms with E-state index in [1.807, 2.05) is 6.08 Å². The Balaban J connectivity index is 2.98. The van der Waals surface area contributed by atoms with E-state index in [1.54, 1.807) is 6.08 Å². The largest absolute Gasteiger partial charge is 0.516 e. The summed E-state index contributed by atoms with van der Waals surface area (Å²) in [5.41, 5.74) is 0. The van der Waals surface area contributed by atoms with Gasteiger partial charge in [-0.1, -0.05) is 76.9 Å². The summed E-state index contributed by atoms with van der Waals surface area (Å²) in [6.45, 7) is 2.27. The molecule has 0 aliphatic carbocycles. The van der Waals surface area contributed by atoms with Gasteiger partial charge in [0.25, 0.3) is 0 Å². The number of aliphatic hydroxyl groups excluding tert-OH is 1. The summed E-state index contributed by atoms with van der Waals surface area (Å²) in [5, 5.41) is 8.41. The third kappa shape index (κ3) is 15.3. The molecule has 0 spiro atoms. The van der Waals surface area contributed by atoms with E-state index in [2.05, 4.69) is 13.0 Å². The van der Waals surface area contributed by atoms with E-state index in [-0.39, 0.29) is 0 Å². The summed E-state index contributed by atoms with van der Waals surface area (Å²) < 4.78 is 0. The Kier molecular flexibility index (Phi) is 14.6. The average molecular weight is 238 g/mol. The topological polar surface area (TPSA) is 20.2 Å². The summed E-state index contributed by atoms with van der Waals surface area (Å²) in [6, 6.07) is 0. The zero-order chi connectivity index (χ0) is 12.6. The van der Waals surface area contributed by atoms with Crippen LogP contribution in [0.3, 0.4) is 0 Å². The quantitative estimate of drug-likeness (QED) is 0.254. The van der Waals surface area contributed by atoms with E-state index in [1.165, 1.54) is 64.2 Å². The van der Waals surface area contributed by atoms with Crippen LogP contribution in [0, 0.1) is 0 Å². The number of hydrogen-bond donors (Lipinski definition) is 1. The Morgan fingerprint density at radius 3 is 1.76 bits per heavy atom. The minimum atomic E-state index is 1.08. The number of allylic oxidation sites excluding steroid dienone is 3. The van der Waals surface area contributed by atoms with Crippen molar-refractivity contribution in [1.82, 2.24) is 0 Å². The van der Waals surface area contributed by atoms with Crippen molar-refractivity contribution >= 4 is 0 Å². The maximum Gasteiger partial charge on any atom is 0.0791 e. The van der Waals surface area contributed by atoms with Crippen LogP contribution in [-0.2, 0) is 0 Å². The van der Waals surface area contributed by atoms with Crippen molar-refractivity contribution in [3.05, 3.63) is 24.5 Å². The second-order valence-electron chi connectivity index (χ2n) is 4.74. The maximum absolute atomic E-state index is 8.41. The van der Waals surface area contributed by atoms with Gasteiger partial charge < -0.3 is 5.11 Å². The average Bonchev–Trinajstić information content (AvgIpc) is 2.35. The Morgan fingerprint density at radius 1 is 0.706 bits per heavy atom. The molecule has 17 heavy (non-hydrogen) atoms. The van der Waals surface area contributed by atoms with E-state index in [9.17, 15) is 0 Å². The van der Waals surface area contributed by atoms with Crippen molar-refractivity contribution in [2.24, 2.45) is 0 Å². The van der Waals surface area contributed by atoms with E-state index in [0.29, 0.717) is 0 Å². The normalized spacial score (nSPS) is 11.8. The monoisotopic (exact) mass is 238 g/mol. The Labute approximate surface area is 108 Å². The molecule has 0 bridgehead atoms. The molecular formula is C16H30O. The zero-order valence-corrected chi connectivity index (χ0v) is 11.5. The minimum absolute atomic E-state index is 1.08. The van der Waals surface area contributed by atoms with Crippen molar-refractivity contribution < 1.29 is 5.11 Å². The van der Waals surface area contributed by atoms with Crippen LogP contribution in [0.1, 0.15) is 77.6 Å². The molecule has 0 radical (unpaired) electrons. The van der Waals surface area contributed by atoms with Crippen LogP contribution < -0.4 is 0 Å². The van der Waals surface area contributed by atoms with Gasteiger partial charge in [-0.3, -0.25) is 0 Å². The summed E-state index contributed by atoms with van der Waals surface area (Å²) in [6.07, 6.45) is 21.8. The smallest absolute Gasteiger partial charge is 0.0791 e. The van der Waals surface area contributed by atoms with Crippen LogP contribution in [0.15, 0.2) is 24.5 Å². The van der Waals surface area contributed by atoms with E-state index in [0.717, 1.165) is 12.7 Å². The molecule has 0 heterocycles. The lowest BCUT2D eigenvalue weighted by Gasteiger charge is -2.01. The molecule has 1 N–H and O–H groups in total. The van der Waals surface area contributed by atoms with Crippen LogP contribution in [0.5, 0.6) is 0 Å². The first-order chi connectivity index (χ1) is 8.41. The van der Waals surface area contributed by atoms with Crippen LogP contribution >= 0.6 is 0 Å². The molecular weight excluding hydrogens is 208 g/mol. The number of unbranched alkanes of at least 4 members (excludes halogenated alkanes) is 10. The van der Waals surface area contributed by atoms with Gasteiger partial charge >= 0.3 is 0 Å². The van der Waals surface area contributed by atoms with Gasteiger partial charge in [0.05, 0.1) is 6.26 Å². The number of hydrogen-bond acceptors (Lipinski definition) is 1. The molecule has 0 saturated heterocycles. The standard InChI is InChI=1S/C16H30O/c1-2-3-4-5-6-7-8-9-10-11-12-13-14-15-16-17/h13-17H,2-12H2,1H3/b14-13?,16-15-. The zero-order valence-electron chi connectivity index (χ0n) is 11.5. The van der Waals surface area contributed by atoms with Crippen molar-refractivity contribution in [1.29, 1.82) is 0 Å². The lowest BCUT2D eigenvalue weighted by molar-refractivity contribution is 0.473. The van der Waals surface area contributed by atoms with E-state index >= 15 is 0 Å². The SMILES string of the molecule is CCCCCCCCCCCCC=C/C=C\O. The lowest BCUT2D eigenvalue weighted by Crippen LogP contribution is -1.81. The Hall–Kier alpha value is -0.720. The van der Waals surface area contributed by atoms with Crippen LogP contribution in [0.25, 0.3) is 0 Å². The highest BCUT2D eigenvalue weighted by Gasteiger charge is 1.91. The fraction of sp³-hybridized carbons (Fsp3) is 0.750. The van der Waals surface area contributed by atoms with Crippen molar-refractivity contribution in [3.8, 4) is 0 Å². The van der Waals surface area contributed by atoms with Gasteiger partial charge in [-0.2, -0.15) is 0 Å². The van der Waals surface area contributed by atoms with Crippen molar-refractivity contribution in [2.75, 3.05) is 0 Å². The molecule has 0 aliphatic heterocycles. The fourth-order valence-corrected chi connectivity index (χ4v) is 1.97. The minimum Gasteiger partial charge on any atom is -0.516 e. The molecule has 0 aliphatic rings. The molecule has 0 aromatic heterocycles. The van der Waals surface area contributed by atoms with Gasteiger partial charge in [0, 0.05) is 0 Å². The number of rotatable bonds is 12. The summed E-state index contributed by atoms with van der Waals surface area (Å²) >= 11 is 0. The van der Waals surface area contributed by atoms with Gasteiger partial charge in [-0.05, 0) is 18.9 Å². The third-order valence-corrected chi connectivity index (χ3v) is 3.06. The third-order valence-electron chi connectivity index (χ3n) is 3.06. The molecule has 0 saturated carbocycles. The molecule has 0 atom stereocenters. The summed E-state index contributed by atoms with van der Waals surface area (Å²) in [5.74, 6) is 0. The highest BCUT2D eigenvalue weighted by atomic mass is 16.2. The van der Waals surface area contributed by atoms with Gasteiger partial charge in [0.15, 0.2) is 0 Å². The first kappa shape index (κ1) is 16.3. The molecule has 1 heteroatoms. The summed E-state index contributed by atoms with van der Waals surface area (Å²) in [7, 11) is 0. The maximum atomic E-state index is 8.41. The van der Waals surface area contributed by atoms with Gasteiger partial charge in [-0.25, -0.2) is 0 Å². The molecule has 100 valence electrons.